The Morgan fingerprint density at radius 3 is 2.17 bits per heavy atom. The van der Waals surface area contributed by atoms with E-state index in [1.807, 2.05) is 36.4 Å². The topological polar surface area (TPSA) is 51.2 Å². The van der Waals surface area contributed by atoms with Crippen molar-refractivity contribution in [2.75, 3.05) is 6.26 Å². The quantitative estimate of drug-likeness (QED) is 0.681. The summed E-state index contributed by atoms with van der Waals surface area (Å²) in [5.74, 6) is 0.00441. The summed E-state index contributed by atoms with van der Waals surface area (Å²) in [4.78, 5) is 12.1. The second kappa shape index (κ2) is 5.63. The predicted molar refractivity (Wildman–Crippen MR) is 92.5 cm³/mol. The normalized spacial score (nSPS) is 11.6. The minimum atomic E-state index is -3.22. The molecule has 116 valence electrons. The molecule has 0 saturated carbocycles. The molecule has 0 N–H and O–H groups in total. The van der Waals surface area contributed by atoms with E-state index in [4.69, 9.17) is 0 Å². The monoisotopic (exact) mass is 324 g/mol. The minimum absolute atomic E-state index is 0.00441. The molecule has 0 aromatic heterocycles. The number of Topliss-reactive ketones (excluding diaryl/α,β-unsaturated/α-hetero) is 1. The molecule has 0 heterocycles. The summed E-state index contributed by atoms with van der Waals surface area (Å²) in [6.45, 7) is 1.54. The van der Waals surface area contributed by atoms with Crippen molar-refractivity contribution in [3.05, 3.63) is 66.2 Å². The van der Waals surface area contributed by atoms with Gasteiger partial charge in [0.1, 0.15) is 0 Å². The molecule has 0 unspecified atom stereocenters. The Labute approximate surface area is 135 Å². The van der Waals surface area contributed by atoms with Crippen LogP contribution in [0.4, 0.5) is 0 Å². The van der Waals surface area contributed by atoms with E-state index in [-0.39, 0.29) is 10.7 Å². The molecule has 0 fully saturated rings. The Morgan fingerprint density at radius 2 is 1.57 bits per heavy atom. The van der Waals surface area contributed by atoms with E-state index in [1.165, 1.54) is 6.26 Å². The van der Waals surface area contributed by atoms with Gasteiger partial charge in [0.15, 0.2) is 15.6 Å². The van der Waals surface area contributed by atoms with Crippen molar-refractivity contribution in [3.63, 3.8) is 0 Å². The Bertz CT molecular complexity index is 1000. The maximum Gasteiger partial charge on any atom is 0.175 e. The van der Waals surface area contributed by atoms with E-state index in [0.29, 0.717) is 5.56 Å². The first-order valence-corrected chi connectivity index (χ1v) is 9.09. The maximum absolute atomic E-state index is 11.8. The molecule has 0 aliphatic carbocycles. The van der Waals surface area contributed by atoms with Gasteiger partial charge < -0.3 is 0 Å². The SMILES string of the molecule is CC(=O)c1cc(-c2ccc(S(C)(=O)=O)cc2)c2ccccc2c1. The molecule has 0 radical (unpaired) electrons. The molecule has 23 heavy (non-hydrogen) atoms. The van der Waals surface area contributed by atoms with Crippen molar-refractivity contribution in [1.29, 1.82) is 0 Å². The van der Waals surface area contributed by atoms with Crippen LogP contribution in [0.2, 0.25) is 0 Å². The van der Waals surface area contributed by atoms with Gasteiger partial charge in [0.25, 0.3) is 0 Å². The van der Waals surface area contributed by atoms with E-state index in [2.05, 4.69) is 0 Å². The molecule has 3 nitrogen and oxygen atoms in total. The van der Waals surface area contributed by atoms with Gasteiger partial charge in [-0.1, -0.05) is 36.4 Å². The zero-order valence-corrected chi connectivity index (χ0v) is 13.7. The molecule has 3 rings (SSSR count). The third-order valence-electron chi connectivity index (χ3n) is 3.86. The third kappa shape index (κ3) is 3.03. The Balaban J connectivity index is 2.24. The first-order valence-electron chi connectivity index (χ1n) is 7.20. The first kappa shape index (κ1) is 15.4. The molecule has 0 aliphatic rings. The van der Waals surface area contributed by atoms with E-state index >= 15 is 0 Å². The summed E-state index contributed by atoms with van der Waals surface area (Å²) in [7, 11) is -3.22. The van der Waals surface area contributed by atoms with E-state index in [1.54, 1.807) is 31.2 Å². The lowest BCUT2D eigenvalue weighted by atomic mass is 9.94. The Kier molecular flexibility index (Phi) is 3.78. The number of ketones is 1. The fraction of sp³-hybridized carbons (Fsp3) is 0.105. The molecule has 3 aromatic carbocycles. The molecule has 0 amide bonds. The van der Waals surface area contributed by atoms with Crippen molar-refractivity contribution in [2.24, 2.45) is 0 Å². The van der Waals surface area contributed by atoms with Crippen LogP contribution in [0.1, 0.15) is 17.3 Å². The largest absolute Gasteiger partial charge is 0.295 e. The second-order valence-corrected chi connectivity index (χ2v) is 7.61. The van der Waals surface area contributed by atoms with Crippen LogP contribution in [-0.4, -0.2) is 20.5 Å². The van der Waals surface area contributed by atoms with Crippen molar-refractivity contribution in [1.82, 2.24) is 0 Å². The Hall–Kier alpha value is -2.46. The number of fused-ring (bicyclic) bond motifs is 1. The van der Waals surface area contributed by atoms with E-state index < -0.39 is 9.84 Å². The lowest BCUT2D eigenvalue weighted by Gasteiger charge is -2.10. The summed E-state index contributed by atoms with van der Waals surface area (Å²) in [5.41, 5.74) is 2.45. The van der Waals surface area contributed by atoms with Crippen LogP contribution in [0.25, 0.3) is 21.9 Å². The summed E-state index contributed by atoms with van der Waals surface area (Å²) in [6.07, 6.45) is 1.19. The van der Waals surface area contributed by atoms with Crippen molar-refractivity contribution in [2.45, 2.75) is 11.8 Å². The molecular weight excluding hydrogens is 308 g/mol. The van der Waals surface area contributed by atoms with Gasteiger partial charge in [-0.2, -0.15) is 0 Å². The number of hydrogen-bond donors (Lipinski definition) is 0. The van der Waals surface area contributed by atoms with E-state index in [0.717, 1.165) is 21.9 Å². The zero-order valence-electron chi connectivity index (χ0n) is 12.9. The average Bonchev–Trinajstić information content (AvgIpc) is 2.53. The highest BCUT2D eigenvalue weighted by atomic mass is 32.2. The van der Waals surface area contributed by atoms with Crippen LogP contribution in [0.3, 0.4) is 0 Å². The summed E-state index contributed by atoms with van der Waals surface area (Å²) < 4.78 is 23.2. The molecular formula is C19H16O3S. The van der Waals surface area contributed by atoms with Crippen LogP contribution in [0, 0.1) is 0 Å². The number of carbonyl (C=O) groups excluding carboxylic acids is 1. The highest BCUT2D eigenvalue weighted by Crippen LogP contribution is 2.31. The summed E-state index contributed by atoms with van der Waals surface area (Å²) >= 11 is 0. The molecule has 0 bridgehead atoms. The molecule has 3 aromatic rings. The van der Waals surface area contributed by atoms with Gasteiger partial charge in [-0.05, 0) is 53.1 Å². The van der Waals surface area contributed by atoms with Crippen LogP contribution in [0.15, 0.2) is 65.6 Å². The molecule has 0 spiro atoms. The summed E-state index contributed by atoms with van der Waals surface area (Å²) in [5, 5.41) is 2.02. The molecule has 4 heteroatoms. The highest BCUT2D eigenvalue weighted by molar-refractivity contribution is 7.90. The number of sulfone groups is 1. The van der Waals surface area contributed by atoms with E-state index in [9.17, 15) is 13.2 Å². The highest BCUT2D eigenvalue weighted by Gasteiger charge is 2.11. The van der Waals surface area contributed by atoms with Crippen LogP contribution in [-0.2, 0) is 9.84 Å². The van der Waals surface area contributed by atoms with Crippen LogP contribution < -0.4 is 0 Å². The van der Waals surface area contributed by atoms with Gasteiger partial charge in [-0.25, -0.2) is 8.42 Å². The lowest BCUT2D eigenvalue weighted by Crippen LogP contribution is -1.97. The Morgan fingerprint density at radius 1 is 0.913 bits per heavy atom. The fourth-order valence-electron chi connectivity index (χ4n) is 2.63. The number of hydrogen-bond acceptors (Lipinski definition) is 3. The van der Waals surface area contributed by atoms with Crippen molar-refractivity contribution >= 4 is 26.4 Å². The summed E-state index contributed by atoms with van der Waals surface area (Å²) in [6, 6.07) is 18.3. The van der Waals surface area contributed by atoms with Crippen LogP contribution in [0.5, 0.6) is 0 Å². The predicted octanol–water partition coefficient (Wildman–Crippen LogP) is 4.11. The average molecular weight is 324 g/mol. The fourth-order valence-corrected chi connectivity index (χ4v) is 3.26. The number of benzene rings is 3. The minimum Gasteiger partial charge on any atom is -0.295 e. The van der Waals surface area contributed by atoms with Gasteiger partial charge in [0.05, 0.1) is 4.90 Å². The van der Waals surface area contributed by atoms with Gasteiger partial charge in [-0.3, -0.25) is 4.79 Å². The first-order chi connectivity index (χ1) is 10.9. The maximum atomic E-state index is 11.8. The van der Waals surface area contributed by atoms with Gasteiger partial charge in [0.2, 0.25) is 0 Å². The van der Waals surface area contributed by atoms with Gasteiger partial charge in [-0.15, -0.1) is 0 Å². The zero-order chi connectivity index (χ0) is 16.6. The number of carbonyl (C=O) groups is 1. The van der Waals surface area contributed by atoms with Gasteiger partial charge in [0, 0.05) is 11.8 Å². The number of rotatable bonds is 3. The second-order valence-electron chi connectivity index (χ2n) is 5.60. The molecule has 0 atom stereocenters. The molecule has 0 saturated heterocycles. The van der Waals surface area contributed by atoms with Crippen molar-refractivity contribution < 1.29 is 13.2 Å². The molecule has 0 aliphatic heterocycles. The lowest BCUT2D eigenvalue weighted by molar-refractivity contribution is 0.101. The third-order valence-corrected chi connectivity index (χ3v) is 4.99. The van der Waals surface area contributed by atoms with Crippen LogP contribution >= 0.6 is 0 Å². The smallest absolute Gasteiger partial charge is 0.175 e. The standard InChI is InChI=1S/C19H16O3S/c1-13(20)16-11-15-5-3-4-6-18(15)19(12-16)14-7-9-17(10-8-14)23(2,21)22/h3-12H,1-2H3. The van der Waals surface area contributed by atoms with Gasteiger partial charge >= 0.3 is 0 Å². The van der Waals surface area contributed by atoms with Crippen molar-refractivity contribution in [3.8, 4) is 11.1 Å².